The van der Waals surface area contributed by atoms with Crippen molar-refractivity contribution in [2.45, 2.75) is 0 Å². The SMILES string of the molecule is COC[P+](c1ccccc1)(c1ccccc1)c1ccccc1.[Br-].[NH2-].[Na+]. The van der Waals surface area contributed by atoms with E-state index in [1.807, 2.05) is 0 Å². The number of hydrogen-bond donors (Lipinski definition) is 0. The van der Waals surface area contributed by atoms with Gasteiger partial charge < -0.3 is 27.9 Å². The van der Waals surface area contributed by atoms with Crippen LogP contribution in [-0.4, -0.2) is 13.5 Å². The summed E-state index contributed by atoms with van der Waals surface area (Å²) in [5, 5.41) is 4.07. The Hall–Kier alpha value is -0.510. The molecule has 0 aliphatic rings. The topological polar surface area (TPSA) is 42.7 Å². The molecule has 0 aliphatic heterocycles. The second kappa shape index (κ2) is 12.0. The molecule has 0 atom stereocenters. The van der Waals surface area contributed by atoms with E-state index in [-0.39, 0.29) is 52.7 Å². The van der Waals surface area contributed by atoms with E-state index in [9.17, 15) is 0 Å². The number of hydrogen-bond acceptors (Lipinski definition) is 1. The van der Waals surface area contributed by atoms with Crippen LogP contribution in [0.2, 0.25) is 0 Å². The van der Waals surface area contributed by atoms with Gasteiger partial charge in [-0.1, -0.05) is 54.6 Å². The summed E-state index contributed by atoms with van der Waals surface area (Å²) < 4.78 is 5.72. The Bertz CT molecular complexity index is 617. The smallest absolute Gasteiger partial charge is 1.00 e. The summed E-state index contributed by atoms with van der Waals surface area (Å²) in [5.74, 6) is 0. The van der Waals surface area contributed by atoms with Crippen molar-refractivity contribution in [1.82, 2.24) is 0 Å². The number of nitrogens with two attached hydrogens (primary N) is 1. The Labute approximate surface area is 184 Å². The van der Waals surface area contributed by atoms with Crippen molar-refractivity contribution in [3.05, 3.63) is 97.1 Å². The van der Waals surface area contributed by atoms with Gasteiger partial charge in [-0.15, -0.1) is 0 Å². The average molecular weight is 426 g/mol. The summed E-state index contributed by atoms with van der Waals surface area (Å²) in [6.07, 6.45) is 0.713. The quantitative estimate of drug-likeness (QED) is 0.355. The molecule has 3 rings (SSSR count). The Morgan fingerprint density at radius 1 is 0.640 bits per heavy atom. The van der Waals surface area contributed by atoms with Crippen molar-refractivity contribution < 1.29 is 51.3 Å². The third kappa shape index (κ3) is 5.24. The molecule has 5 heteroatoms. The fraction of sp³-hybridized carbons (Fsp3) is 0.100. The third-order valence-corrected chi connectivity index (χ3v) is 8.10. The van der Waals surface area contributed by atoms with Crippen molar-refractivity contribution in [3.8, 4) is 0 Å². The first kappa shape index (κ1) is 24.5. The first-order chi connectivity index (χ1) is 10.9. The summed E-state index contributed by atoms with van der Waals surface area (Å²) in [6, 6.07) is 32.3. The van der Waals surface area contributed by atoms with Crippen molar-refractivity contribution in [2.75, 3.05) is 13.5 Å². The summed E-state index contributed by atoms with van der Waals surface area (Å²) in [7, 11) is 0.0197. The molecule has 25 heavy (non-hydrogen) atoms. The van der Waals surface area contributed by atoms with Crippen LogP contribution in [0, 0.1) is 0 Å². The molecule has 3 aromatic carbocycles. The van der Waals surface area contributed by atoms with Crippen molar-refractivity contribution in [3.63, 3.8) is 0 Å². The van der Waals surface area contributed by atoms with Gasteiger partial charge in [-0.2, -0.15) is 0 Å². The molecule has 0 saturated heterocycles. The van der Waals surface area contributed by atoms with Crippen LogP contribution in [-0.2, 0) is 4.74 Å². The van der Waals surface area contributed by atoms with Crippen LogP contribution < -0.4 is 62.5 Å². The maximum absolute atomic E-state index is 5.72. The molecule has 3 aromatic rings. The van der Waals surface area contributed by atoms with Gasteiger partial charge >= 0.3 is 29.6 Å². The Morgan fingerprint density at radius 3 is 1.16 bits per heavy atom. The summed E-state index contributed by atoms with van der Waals surface area (Å²) in [6.45, 7) is 0. The average Bonchev–Trinajstić information content (AvgIpc) is 2.62. The molecule has 2 nitrogen and oxygen atoms in total. The maximum atomic E-state index is 5.72. The number of methoxy groups -OCH3 is 1. The van der Waals surface area contributed by atoms with Crippen LogP contribution in [0.25, 0.3) is 6.15 Å². The van der Waals surface area contributed by atoms with Crippen LogP contribution in [0.1, 0.15) is 0 Å². The molecule has 0 bridgehead atoms. The minimum Gasteiger partial charge on any atom is -1.00 e. The zero-order valence-electron chi connectivity index (χ0n) is 14.7. The largest absolute Gasteiger partial charge is 1.00 e. The van der Waals surface area contributed by atoms with Crippen molar-refractivity contribution in [1.29, 1.82) is 0 Å². The molecule has 0 fully saturated rings. The Kier molecular flexibility index (Phi) is 11.7. The zero-order chi connectivity index (χ0) is 15.3. The van der Waals surface area contributed by atoms with Crippen LogP contribution in [0.3, 0.4) is 0 Å². The third-order valence-electron chi connectivity index (χ3n) is 3.91. The number of halogens is 1. The molecule has 2 N–H and O–H groups in total. The van der Waals surface area contributed by atoms with Crippen molar-refractivity contribution >= 4 is 23.2 Å². The fourth-order valence-electron chi connectivity index (χ4n) is 2.91. The molecule has 0 aliphatic carbocycles. The maximum Gasteiger partial charge on any atom is 1.00 e. The van der Waals surface area contributed by atoms with Crippen LogP contribution in [0.5, 0.6) is 0 Å². The zero-order valence-corrected chi connectivity index (χ0v) is 19.2. The number of rotatable bonds is 5. The van der Waals surface area contributed by atoms with Gasteiger partial charge in [0, 0.05) is 7.11 Å². The molecule has 0 radical (unpaired) electrons. The van der Waals surface area contributed by atoms with Gasteiger partial charge in [-0.05, 0) is 36.4 Å². The minimum atomic E-state index is -1.78. The van der Waals surface area contributed by atoms with Crippen molar-refractivity contribution in [2.24, 2.45) is 0 Å². The second-order valence-corrected chi connectivity index (χ2v) is 8.66. The van der Waals surface area contributed by atoms with Gasteiger partial charge in [0.1, 0.15) is 23.2 Å². The molecule has 0 amide bonds. The van der Waals surface area contributed by atoms with E-state index in [1.54, 1.807) is 7.11 Å². The molecule has 0 unspecified atom stereocenters. The minimum absolute atomic E-state index is 0. The standard InChI is InChI=1S/C20H20OP.BrH.H2N.Na/c1-21-17-22(18-11-5-2-6-12-18,19-13-7-3-8-14-19)20-15-9-4-10-16-20;;;/h2-16H,17H2,1H3;1H;1H2;/q+1;;-1;+1/p-1. The van der Waals surface area contributed by atoms with Gasteiger partial charge in [-0.3, -0.25) is 0 Å². The Morgan fingerprint density at radius 2 is 0.920 bits per heavy atom. The van der Waals surface area contributed by atoms with Gasteiger partial charge in [-0.25, -0.2) is 0 Å². The Balaban J connectivity index is 0.00000192. The second-order valence-electron chi connectivity index (χ2n) is 5.23. The monoisotopic (exact) mass is 425 g/mol. The summed E-state index contributed by atoms with van der Waals surface area (Å²) >= 11 is 0. The van der Waals surface area contributed by atoms with Crippen LogP contribution >= 0.6 is 7.26 Å². The number of benzene rings is 3. The van der Waals surface area contributed by atoms with E-state index < -0.39 is 7.26 Å². The van der Waals surface area contributed by atoms with Gasteiger partial charge in [0.05, 0.1) is 0 Å². The van der Waals surface area contributed by atoms with Gasteiger partial charge in [0.25, 0.3) is 0 Å². The predicted molar refractivity (Wildman–Crippen MR) is 102 cm³/mol. The van der Waals surface area contributed by atoms with E-state index in [4.69, 9.17) is 4.74 Å². The first-order valence-corrected chi connectivity index (χ1v) is 9.39. The van der Waals surface area contributed by atoms with E-state index in [1.165, 1.54) is 15.9 Å². The predicted octanol–water partition coefficient (Wildman–Crippen LogP) is -1.69. The molecule has 0 spiro atoms. The van der Waals surface area contributed by atoms with Gasteiger partial charge in [0.15, 0.2) is 6.35 Å². The van der Waals surface area contributed by atoms with E-state index in [0.29, 0.717) is 6.35 Å². The van der Waals surface area contributed by atoms with Crippen LogP contribution in [0.4, 0.5) is 0 Å². The van der Waals surface area contributed by atoms with Gasteiger partial charge in [0.2, 0.25) is 0 Å². The molecule has 126 valence electrons. The molecular formula is C20H22BrNNaOP. The van der Waals surface area contributed by atoms with E-state index in [0.717, 1.165) is 0 Å². The molecule has 0 heterocycles. The van der Waals surface area contributed by atoms with E-state index >= 15 is 0 Å². The fourth-order valence-corrected chi connectivity index (χ4v) is 6.68. The number of ether oxygens (including phenoxy) is 1. The molecule has 0 aromatic heterocycles. The van der Waals surface area contributed by atoms with Crippen LogP contribution in [0.15, 0.2) is 91.0 Å². The van der Waals surface area contributed by atoms with E-state index in [2.05, 4.69) is 91.0 Å². The summed E-state index contributed by atoms with van der Waals surface area (Å²) in [4.78, 5) is 0. The molecular weight excluding hydrogens is 404 g/mol. The summed E-state index contributed by atoms with van der Waals surface area (Å²) in [5.41, 5.74) is 0. The normalized spacial score (nSPS) is 9.96. The molecule has 0 saturated carbocycles. The first-order valence-electron chi connectivity index (χ1n) is 7.42.